The fourth-order valence-corrected chi connectivity index (χ4v) is 3.31. The lowest BCUT2D eigenvalue weighted by molar-refractivity contribution is -0.115. The number of hydrogen-bond acceptors (Lipinski definition) is 3. The third-order valence-electron chi connectivity index (χ3n) is 3.77. The van der Waals surface area contributed by atoms with Gasteiger partial charge in [-0.25, -0.2) is 0 Å². The van der Waals surface area contributed by atoms with E-state index in [0.29, 0.717) is 0 Å². The number of amides is 1. The van der Waals surface area contributed by atoms with Crippen molar-refractivity contribution >= 4 is 23.4 Å². The lowest BCUT2D eigenvalue weighted by Gasteiger charge is -2.14. The highest BCUT2D eigenvalue weighted by atomic mass is 32.2. The van der Waals surface area contributed by atoms with Crippen LogP contribution < -0.4 is 5.32 Å². The lowest BCUT2D eigenvalue weighted by Crippen LogP contribution is -2.23. The van der Waals surface area contributed by atoms with Crippen molar-refractivity contribution < 1.29 is 4.79 Å². The number of rotatable bonds is 4. The average molecular weight is 317 g/mol. The van der Waals surface area contributed by atoms with Crippen LogP contribution in [0.2, 0.25) is 0 Å². The second-order valence-corrected chi connectivity index (χ2v) is 7.07. The van der Waals surface area contributed by atoms with Crippen molar-refractivity contribution in [2.75, 3.05) is 5.32 Å². The number of anilines is 1. The van der Waals surface area contributed by atoms with E-state index in [1.54, 1.807) is 16.4 Å². The molecule has 1 aromatic carbocycles. The Kier molecular flexibility index (Phi) is 4.96. The predicted molar refractivity (Wildman–Crippen MR) is 92.5 cm³/mol. The van der Waals surface area contributed by atoms with E-state index in [1.165, 1.54) is 11.1 Å². The fraction of sp³-hybridized carbons (Fsp3) is 0.412. The number of nitrogens with zero attached hydrogens (tertiary/aromatic N) is 2. The molecule has 1 heterocycles. The van der Waals surface area contributed by atoms with Gasteiger partial charge in [-0.3, -0.25) is 9.48 Å². The highest BCUT2D eigenvalue weighted by Gasteiger charge is 2.19. The van der Waals surface area contributed by atoms with Gasteiger partial charge in [-0.15, -0.1) is 11.8 Å². The van der Waals surface area contributed by atoms with Gasteiger partial charge in [0.2, 0.25) is 5.91 Å². The van der Waals surface area contributed by atoms with Crippen LogP contribution in [0.15, 0.2) is 23.1 Å². The average Bonchev–Trinajstić information content (AvgIpc) is 2.69. The number of hydrogen-bond donors (Lipinski definition) is 1. The number of aryl methyl sites for hydroxylation is 4. The maximum absolute atomic E-state index is 12.5. The van der Waals surface area contributed by atoms with Gasteiger partial charge in [0.15, 0.2) is 0 Å². The summed E-state index contributed by atoms with van der Waals surface area (Å²) in [5.74, 6) is 0.00473. The molecule has 4 nitrogen and oxygen atoms in total. The van der Waals surface area contributed by atoms with Gasteiger partial charge < -0.3 is 5.32 Å². The van der Waals surface area contributed by atoms with E-state index in [-0.39, 0.29) is 11.2 Å². The van der Waals surface area contributed by atoms with E-state index in [0.717, 1.165) is 22.0 Å². The Hall–Kier alpha value is -1.75. The molecule has 0 aliphatic rings. The van der Waals surface area contributed by atoms with Gasteiger partial charge in [0.05, 0.1) is 22.3 Å². The molecule has 2 rings (SSSR count). The first kappa shape index (κ1) is 16.6. The molecule has 1 atom stereocenters. The van der Waals surface area contributed by atoms with E-state index in [1.807, 2.05) is 27.8 Å². The molecule has 0 aliphatic carbocycles. The second-order valence-electron chi connectivity index (χ2n) is 5.69. The first-order chi connectivity index (χ1) is 10.3. The van der Waals surface area contributed by atoms with Crippen molar-refractivity contribution in [2.24, 2.45) is 7.05 Å². The van der Waals surface area contributed by atoms with Gasteiger partial charge in [0, 0.05) is 11.9 Å². The topological polar surface area (TPSA) is 46.9 Å². The first-order valence-corrected chi connectivity index (χ1v) is 8.22. The Balaban J connectivity index is 2.11. The Morgan fingerprint density at radius 3 is 2.55 bits per heavy atom. The van der Waals surface area contributed by atoms with E-state index >= 15 is 0 Å². The normalized spacial score (nSPS) is 12.3. The zero-order chi connectivity index (χ0) is 16.4. The molecule has 5 heteroatoms. The smallest absolute Gasteiger partial charge is 0.237 e. The van der Waals surface area contributed by atoms with Crippen LogP contribution in [-0.4, -0.2) is 20.9 Å². The standard InChI is InChI=1S/C17H23N3OS/c1-10-7-8-11(2)15(9-10)22-14(5)17(21)18-16-12(3)19-20(6)13(16)4/h7-9,14H,1-6H3,(H,18,21). The molecule has 1 N–H and O–H groups in total. The van der Waals surface area contributed by atoms with Crippen molar-refractivity contribution in [3.63, 3.8) is 0 Å². The summed E-state index contributed by atoms with van der Waals surface area (Å²) < 4.78 is 1.79. The Morgan fingerprint density at radius 2 is 1.95 bits per heavy atom. The van der Waals surface area contributed by atoms with E-state index in [4.69, 9.17) is 0 Å². The number of benzene rings is 1. The summed E-state index contributed by atoms with van der Waals surface area (Å²) >= 11 is 1.59. The van der Waals surface area contributed by atoms with Gasteiger partial charge >= 0.3 is 0 Å². The molecule has 0 spiro atoms. The van der Waals surface area contributed by atoms with E-state index in [2.05, 4.69) is 42.5 Å². The number of thioether (sulfide) groups is 1. The highest BCUT2D eigenvalue weighted by Crippen LogP contribution is 2.29. The van der Waals surface area contributed by atoms with Gasteiger partial charge in [-0.05, 0) is 46.2 Å². The first-order valence-electron chi connectivity index (χ1n) is 7.34. The SMILES string of the molecule is Cc1ccc(C)c(SC(C)C(=O)Nc2c(C)nn(C)c2C)c1. The maximum Gasteiger partial charge on any atom is 0.237 e. The zero-order valence-corrected chi connectivity index (χ0v) is 14.8. The van der Waals surface area contributed by atoms with Crippen molar-refractivity contribution in [2.45, 2.75) is 44.8 Å². The quantitative estimate of drug-likeness (QED) is 0.873. The molecule has 0 aliphatic heterocycles. The molecule has 0 radical (unpaired) electrons. The minimum atomic E-state index is -0.167. The van der Waals surface area contributed by atoms with Gasteiger partial charge in [0.25, 0.3) is 0 Å². The highest BCUT2D eigenvalue weighted by molar-refractivity contribution is 8.00. The molecule has 1 aromatic heterocycles. The summed E-state index contributed by atoms with van der Waals surface area (Å²) in [6.07, 6.45) is 0. The monoisotopic (exact) mass is 317 g/mol. The number of nitrogens with one attached hydrogen (secondary N) is 1. The molecule has 0 fully saturated rings. The molecule has 0 saturated carbocycles. The van der Waals surface area contributed by atoms with Gasteiger partial charge in [-0.1, -0.05) is 17.7 Å². The molecular formula is C17H23N3OS. The summed E-state index contributed by atoms with van der Waals surface area (Å²) in [6, 6.07) is 6.31. The number of carbonyl (C=O) groups excluding carboxylic acids is 1. The largest absolute Gasteiger partial charge is 0.322 e. The Bertz CT molecular complexity index is 706. The molecular weight excluding hydrogens is 294 g/mol. The summed E-state index contributed by atoms with van der Waals surface area (Å²) in [4.78, 5) is 13.6. The molecule has 2 aromatic rings. The molecule has 118 valence electrons. The van der Waals surface area contributed by atoms with Crippen LogP contribution in [-0.2, 0) is 11.8 Å². The van der Waals surface area contributed by atoms with E-state index < -0.39 is 0 Å². The third kappa shape index (κ3) is 3.53. The van der Waals surface area contributed by atoms with Crippen LogP contribution in [0.5, 0.6) is 0 Å². The summed E-state index contributed by atoms with van der Waals surface area (Å²) in [7, 11) is 1.88. The van der Waals surface area contributed by atoms with Crippen LogP contribution in [0.1, 0.15) is 29.4 Å². The molecule has 22 heavy (non-hydrogen) atoms. The van der Waals surface area contributed by atoms with Crippen LogP contribution in [0.4, 0.5) is 5.69 Å². The van der Waals surface area contributed by atoms with E-state index in [9.17, 15) is 4.79 Å². The van der Waals surface area contributed by atoms with Gasteiger partial charge in [0.1, 0.15) is 0 Å². The molecule has 1 amide bonds. The summed E-state index contributed by atoms with van der Waals surface area (Å²) in [5.41, 5.74) is 5.04. The number of carbonyl (C=O) groups is 1. The molecule has 0 saturated heterocycles. The van der Waals surface area contributed by atoms with Crippen molar-refractivity contribution in [1.29, 1.82) is 0 Å². The second kappa shape index (κ2) is 6.57. The van der Waals surface area contributed by atoms with Crippen LogP contribution in [0, 0.1) is 27.7 Å². The third-order valence-corrected chi connectivity index (χ3v) is 5.04. The van der Waals surface area contributed by atoms with Crippen molar-refractivity contribution in [3.05, 3.63) is 40.7 Å². The molecule has 0 bridgehead atoms. The van der Waals surface area contributed by atoms with Gasteiger partial charge in [-0.2, -0.15) is 5.10 Å². The predicted octanol–water partition coefficient (Wildman–Crippen LogP) is 3.77. The summed E-state index contributed by atoms with van der Waals surface area (Å²) in [6.45, 7) is 9.93. The summed E-state index contributed by atoms with van der Waals surface area (Å²) in [5, 5.41) is 7.17. The minimum absolute atomic E-state index is 0.00473. The van der Waals surface area contributed by atoms with Crippen LogP contribution >= 0.6 is 11.8 Å². The zero-order valence-electron chi connectivity index (χ0n) is 14.0. The van der Waals surface area contributed by atoms with Crippen LogP contribution in [0.3, 0.4) is 0 Å². The number of aromatic nitrogens is 2. The lowest BCUT2D eigenvalue weighted by atomic mass is 10.2. The van der Waals surface area contributed by atoms with Crippen molar-refractivity contribution in [1.82, 2.24) is 9.78 Å². The Labute approximate surface area is 136 Å². The minimum Gasteiger partial charge on any atom is -0.322 e. The fourth-order valence-electron chi connectivity index (χ4n) is 2.26. The Morgan fingerprint density at radius 1 is 1.27 bits per heavy atom. The van der Waals surface area contributed by atoms with Crippen LogP contribution in [0.25, 0.3) is 0 Å². The molecule has 1 unspecified atom stereocenters. The van der Waals surface area contributed by atoms with Crippen molar-refractivity contribution in [3.8, 4) is 0 Å². The maximum atomic E-state index is 12.5.